The van der Waals surface area contributed by atoms with E-state index in [2.05, 4.69) is 10.2 Å². The largest absolute Gasteiger partial charge is 0.465 e. The number of carboxylic acid groups (broad SMARTS) is 1. The molecule has 0 aromatic rings. The van der Waals surface area contributed by atoms with Gasteiger partial charge in [0.1, 0.15) is 0 Å². The number of rotatable bonds is 4. The van der Waals surface area contributed by atoms with Gasteiger partial charge in [-0.3, -0.25) is 0 Å². The van der Waals surface area contributed by atoms with Crippen LogP contribution in [0.5, 0.6) is 0 Å². The fraction of sp³-hybridized carbons (Fsp3) is 0.933. The molecule has 0 aromatic heterocycles. The topological polar surface area (TPSA) is 55.8 Å². The van der Waals surface area contributed by atoms with Crippen LogP contribution in [-0.4, -0.2) is 65.8 Å². The number of piperidine rings is 2. The van der Waals surface area contributed by atoms with Crippen molar-refractivity contribution >= 4 is 6.09 Å². The molecule has 2 heterocycles. The lowest BCUT2D eigenvalue weighted by Crippen LogP contribution is -2.51. The van der Waals surface area contributed by atoms with Crippen molar-refractivity contribution in [2.45, 2.75) is 50.6 Å². The van der Waals surface area contributed by atoms with Crippen molar-refractivity contribution < 1.29 is 9.90 Å². The molecular formula is C15H27N3O2. The molecule has 3 fully saturated rings. The van der Waals surface area contributed by atoms with E-state index >= 15 is 0 Å². The van der Waals surface area contributed by atoms with Crippen LogP contribution in [0.3, 0.4) is 0 Å². The van der Waals surface area contributed by atoms with Crippen LogP contribution in [-0.2, 0) is 0 Å². The van der Waals surface area contributed by atoms with Crippen LogP contribution in [0.4, 0.5) is 4.79 Å². The van der Waals surface area contributed by atoms with Crippen LogP contribution in [0.2, 0.25) is 0 Å². The van der Waals surface area contributed by atoms with Crippen molar-refractivity contribution in [2.24, 2.45) is 5.92 Å². The summed E-state index contributed by atoms with van der Waals surface area (Å²) in [7, 11) is 0. The zero-order valence-corrected chi connectivity index (χ0v) is 12.3. The molecule has 1 saturated carbocycles. The summed E-state index contributed by atoms with van der Waals surface area (Å²) in [4.78, 5) is 15.8. The van der Waals surface area contributed by atoms with E-state index in [0.29, 0.717) is 5.92 Å². The Hall–Kier alpha value is -0.810. The Labute approximate surface area is 121 Å². The minimum absolute atomic E-state index is 0.256. The molecule has 114 valence electrons. The summed E-state index contributed by atoms with van der Waals surface area (Å²) in [5.41, 5.74) is 0. The third kappa shape index (κ3) is 3.44. The molecule has 0 spiro atoms. The summed E-state index contributed by atoms with van der Waals surface area (Å²) in [6.07, 6.45) is 6.25. The number of carbonyl (C=O) groups is 1. The van der Waals surface area contributed by atoms with Crippen molar-refractivity contribution in [3.8, 4) is 0 Å². The third-order valence-corrected chi connectivity index (χ3v) is 5.16. The Bertz CT molecular complexity index is 332. The highest BCUT2D eigenvalue weighted by molar-refractivity contribution is 5.65. The molecule has 5 heteroatoms. The van der Waals surface area contributed by atoms with E-state index in [9.17, 15) is 9.90 Å². The van der Waals surface area contributed by atoms with Gasteiger partial charge < -0.3 is 20.2 Å². The fourth-order valence-corrected chi connectivity index (χ4v) is 3.70. The number of nitrogens with one attached hydrogen (secondary N) is 1. The van der Waals surface area contributed by atoms with E-state index in [-0.39, 0.29) is 6.04 Å². The Kier molecular flexibility index (Phi) is 4.46. The molecule has 0 unspecified atom stereocenters. The fourth-order valence-electron chi connectivity index (χ4n) is 3.70. The van der Waals surface area contributed by atoms with E-state index in [1.807, 2.05) is 0 Å². The van der Waals surface area contributed by atoms with Gasteiger partial charge in [-0.1, -0.05) is 0 Å². The number of hydrogen-bond donors (Lipinski definition) is 2. The van der Waals surface area contributed by atoms with Gasteiger partial charge in [0.2, 0.25) is 0 Å². The normalized spacial score (nSPS) is 26.6. The minimum atomic E-state index is -0.711. The molecule has 2 aliphatic heterocycles. The van der Waals surface area contributed by atoms with Gasteiger partial charge in [0.15, 0.2) is 0 Å². The zero-order valence-electron chi connectivity index (χ0n) is 12.3. The Morgan fingerprint density at radius 3 is 2.30 bits per heavy atom. The van der Waals surface area contributed by atoms with Crippen LogP contribution < -0.4 is 5.32 Å². The van der Waals surface area contributed by atoms with E-state index in [1.54, 1.807) is 4.90 Å². The average Bonchev–Trinajstić information content (AvgIpc) is 3.30. The zero-order chi connectivity index (χ0) is 13.9. The van der Waals surface area contributed by atoms with Crippen LogP contribution in [0.25, 0.3) is 0 Å². The summed E-state index contributed by atoms with van der Waals surface area (Å²) in [6, 6.07) is 0.977. The molecule has 0 radical (unpaired) electrons. The predicted molar refractivity (Wildman–Crippen MR) is 77.9 cm³/mol. The summed E-state index contributed by atoms with van der Waals surface area (Å²) in [5, 5.41) is 12.8. The molecule has 1 aliphatic carbocycles. The standard InChI is InChI=1S/C15H27N3O2/c19-15(20)18(11-12-1-2-12)14-5-9-17(10-6-14)13-3-7-16-8-4-13/h12-14,16H,1-11H2,(H,19,20). The first-order chi connectivity index (χ1) is 9.74. The lowest BCUT2D eigenvalue weighted by atomic mass is 9.97. The number of hydrogen-bond acceptors (Lipinski definition) is 3. The second-order valence-corrected chi connectivity index (χ2v) is 6.63. The Balaban J connectivity index is 1.49. The molecule has 3 rings (SSSR count). The predicted octanol–water partition coefficient (Wildman–Crippen LogP) is 1.59. The molecule has 0 bridgehead atoms. The quantitative estimate of drug-likeness (QED) is 0.822. The van der Waals surface area contributed by atoms with Crippen LogP contribution in [0.15, 0.2) is 0 Å². The lowest BCUT2D eigenvalue weighted by Gasteiger charge is -2.42. The van der Waals surface area contributed by atoms with Crippen molar-refractivity contribution in [3.05, 3.63) is 0 Å². The Morgan fingerprint density at radius 2 is 1.75 bits per heavy atom. The van der Waals surface area contributed by atoms with Crippen LogP contribution >= 0.6 is 0 Å². The van der Waals surface area contributed by atoms with E-state index in [4.69, 9.17) is 0 Å². The first kappa shape index (κ1) is 14.1. The van der Waals surface area contributed by atoms with Gasteiger partial charge in [0, 0.05) is 31.7 Å². The van der Waals surface area contributed by atoms with E-state index in [0.717, 1.165) is 51.6 Å². The van der Waals surface area contributed by atoms with Gasteiger partial charge in [-0.25, -0.2) is 4.79 Å². The third-order valence-electron chi connectivity index (χ3n) is 5.16. The summed E-state index contributed by atoms with van der Waals surface area (Å²) < 4.78 is 0. The maximum Gasteiger partial charge on any atom is 0.407 e. The molecule has 2 saturated heterocycles. The monoisotopic (exact) mass is 281 g/mol. The van der Waals surface area contributed by atoms with Crippen molar-refractivity contribution in [1.82, 2.24) is 15.1 Å². The van der Waals surface area contributed by atoms with Crippen LogP contribution in [0.1, 0.15) is 38.5 Å². The van der Waals surface area contributed by atoms with Crippen LogP contribution in [0, 0.1) is 5.92 Å². The molecule has 0 atom stereocenters. The second kappa shape index (κ2) is 6.31. The number of likely N-dealkylation sites (tertiary alicyclic amines) is 1. The second-order valence-electron chi connectivity index (χ2n) is 6.63. The van der Waals surface area contributed by atoms with Crippen molar-refractivity contribution in [3.63, 3.8) is 0 Å². The number of amides is 1. The van der Waals surface area contributed by atoms with Crippen molar-refractivity contribution in [1.29, 1.82) is 0 Å². The summed E-state index contributed by atoms with van der Waals surface area (Å²) in [5.74, 6) is 0.647. The minimum Gasteiger partial charge on any atom is -0.465 e. The van der Waals surface area contributed by atoms with Crippen molar-refractivity contribution in [2.75, 3.05) is 32.7 Å². The summed E-state index contributed by atoms with van der Waals surface area (Å²) >= 11 is 0. The SMILES string of the molecule is O=C(O)N(CC1CC1)C1CCN(C2CCNCC2)CC1. The van der Waals surface area contributed by atoms with Gasteiger partial charge in [-0.15, -0.1) is 0 Å². The highest BCUT2D eigenvalue weighted by Crippen LogP contribution is 2.32. The first-order valence-corrected chi connectivity index (χ1v) is 8.18. The molecular weight excluding hydrogens is 254 g/mol. The molecule has 2 N–H and O–H groups in total. The van der Waals surface area contributed by atoms with Gasteiger partial charge in [0.25, 0.3) is 0 Å². The average molecular weight is 281 g/mol. The maximum atomic E-state index is 11.4. The van der Waals surface area contributed by atoms with Gasteiger partial charge in [0.05, 0.1) is 0 Å². The highest BCUT2D eigenvalue weighted by atomic mass is 16.4. The lowest BCUT2D eigenvalue weighted by molar-refractivity contribution is 0.0665. The smallest absolute Gasteiger partial charge is 0.407 e. The van der Waals surface area contributed by atoms with E-state index < -0.39 is 6.09 Å². The molecule has 5 nitrogen and oxygen atoms in total. The Morgan fingerprint density at radius 1 is 1.10 bits per heavy atom. The van der Waals surface area contributed by atoms with Gasteiger partial charge >= 0.3 is 6.09 Å². The molecule has 0 aromatic carbocycles. The highest BCUT2D eigenvalue weighted by Gasteiger charge is 2.34. The molecule has 20 heavy (non-hydrogen) atoms. The van der Waals surface area contributed by atoms with Gasteiger partial charge in [-0.05, 0) is 57.5 Å². The molecule has 3 aliphatic rings. The summed E-state index contributed by atoms with van der Waals surface area (Å²) in [6.45, 7) is 5.18. The van der Waals surface area contributed by atoms with Gasteiger partial charge in [-0.2, -0.15) is 0 Å². The number of nitrogens with zero attached hydrogens (tertiary/aromatic N) is 2. The maximum absolute atomic E-state index is 11.4. The first-order valence-electron chi connectivity index (χ1n) is 8.18. The molecule has 1 amide bonds. The van der Waals surface area contributed by atoms with E-state index in [1.165, 1.54) is 25.7 Å².